The van der Waals surface area contributed by atoms with Crippen molar-refractivity contribution >= 4 is 24.0 Å². The maximum absolute atomic E-state index is 6.20. The van der Waals surface area contributed by atoms with Gasteiger partial charge in [-0.25, -0.2) is 0 Å². The molecule has 1 rings (SSSR count). The predicted molar refractivity (Wildman–Crippen MR) is 82.9 cm³/mol. The van der Waals surface area contributed by atoms with Crippen molar-refractivity contribution in [3.8, 4) is 11.5 Å². The summed E-state index contributed by atoms with van der Waals surface area (Å²) in [6, 6.07) is 4.24. The number of halogens is 2. The van der Waals surface area contributed by atoms with Crippen LogP contribution in [0.3, 0.4) is 0 Å². The third kappa shape index (κ3) is 5.72. The van der Waals surface area contributed by atoms with Crippen molar-refractivity contribution in [2.75, 3.05) is 13.7 Å². The molecule has 19 heavy (non-hydrogen) atoms. The number of nitrogens with one attached hydrogen (secondary N) is 1. The summed E-state index contributed by atoms with van der Waals surface area (Å²) in [6.45, 7) is 8.95. The summed E-state index contributed by atoms with van der Waals surface area (Å²) < 4.78 is 10.8. The van der Waals surface area contributed by atoms with Gasteiger partial charge >= 0.3 is 0 Å². The molecular weight excluding hydrogens is 285 g/mol. The number of ether oxygens (including phenoxy) is 2. The Morgan fingerprint density at radius 3 is 2.63 bits per heavy atom. The van der Waals surface area contributed by atoms with Crippen LogP contribution in [-0.4, -0.2) is 19.8 Å². The zero-order valence-electron chi connectivity index (χ0n) is 11.5. The second-order valence-electron chi connectivity index (χ2n) is 4.24. The van der Waals surface area contributed by atoms with Crippen LogP contribution in [0.15, 0.2) is 24.8 Å². The van der Waals surface area contributed by atoms with E-state index in [1.54, 1.807) is 13.2 Å². The van der Waals surface area contributed by atoms with Crippen LogP contribution in [0.1, 0.15) is 19.4 Å². The normalized spacial score (nSPS) is 9.95. The molecule has 1 aromatic carbocycles. The largest absolute Gasteiger partial charge is 0.493 e. The first kappa shape index (κ1) is 18.1. The molecule has 0 saturated heterocycles. The lowest BCUT2D eigenvalue weighted by Crippen LogP contribution is -2.21. The highest BCUT2D eigenvalue weighted by molar-refractivity contribution is 6.32. The Morgan fingerprint density at radius 2 is 2.11 bits per heavy atom. The van der Waals surface area contributed by atoms with Crippen LogP contribution in [0.25, 0.3) is 0 Å². The van der Waals surface area contributed by atoms with Crippen LogP contribution in [0.5, 0.6) is 11.5 Å². The van der Waals surface area contributed by atoms with Gasteiger partial charge in [0.2, 0.25) is 0 Å². The highest BCUT2D eigenvalue weighted by Crippen LogP contribution is 2.36. The lowest BCUT2D eigenvalue weighted by atomic mass is 10.2. The molecule has 0 heterocycles. The van der Waals surface area contributed by atoms with E-state index < -0.39 is 0 Å². The third-order valence-electron chi connectivity index (χ3n) is 2.35. The fourth-order valence-corrected chi connectivity index (χ4v) is 1.77. The standard InChI is InChI=1S/C14H20ClNO2.ClH/c1-5-6-18-14-12(15)7-11(8-13(14)17-4)9-16-10(2)3;/h5,7-8,10,16H,1,6,9H2,2-4H3;1H. The summed E-state index contributed by atoms with van der Waals surface area (Å²) in [4.78, 5) is 0. The van der Waals surface area contributed by atoms with Gasteiger partial charge in [-0.1, -0.05) is 38.1 Å². The minimum absolute atomic E-state index is 0. The van der Waals surface area contributed by atoms with Gasteiger partial charge in [-0.15, -0.1) is 12.4 Å². The van der Waals surface area contributed by atoms with E-state index in [-0.39, 0.29) is 12.4 Å². The van der Waals surface area contributed by atoms with Crippen LogP contribution >= 0.6 is 24.0 Å². The van der Waals surface area contributed by atoms with E-state index in [1.165, 1.54) is 0 Å². The van der Waals surface area contributed by atoms with Crippen LogP contribution in [-0.2, 0) is 6.54 Å². The molecule has 5 heteroatoms. The highest BCUT2D eigenvalue weighted by atomic mass is 35.5. The van der Waals surface area contributed by atoms with E-state index in [4.69, 9.17) is 21.1 Å². The molecule has 0 radical (unpaired) electrons. The Kier molecular flexibility index (Phi) is 8.65. The number of hydrogen-bond acceptors (Lipinski definition) is 3. The summed E-state index contributed by atoms with van der Waals surface area (Å²) in [6.07, 6.45) is 1.67. The first-order chi connectivity index (χ1) is 8.58. The topological polar surface area (TPSA) is 30.5 Å². The van der Waals surface area contributed by atoms with Crippen molar-refractivity contribution in [1.82, 2.24) is 5.32 Å². The van der Waals surface area contributed by atoms with Crippen molar-refractivity contribution in [3.05, 3.63) is 35.4 Å². The van der Waals surface area contributed by atoms with Gasteiger partial charge in [-0.3, -0.25) is 0 Å². The summed E-state index contributed by atoms with van der Waals surface area (Å²) in [5.74, 6) is 1.21. The number of hydrogen-bond donors (Lipinski definition) is 1. The van der Waals surface area contributed by atoms with Gasteiger partial charge in [-0.2, -0.15) is 0 Å². The third-order valence-corrected chi connectivity index (χ3v) is 2.63. The second-order valence-corrected chi connectivity index (χ2v) is 4.65. The number of rotatable bonds is 7. The first-order valence-corrected chi connectivity index (χ1v) is 6.29. The average molecular weight is 306 g/mol. The number of benzene rings is 1. The molecule has 0 bridgehead atoms. The molecule has 3 nitrogen and oxygen atoms in total. The summed E-state index contributed by atoms with van der Waals surface area (Å²) >= 11 is 6.20. The second kappa shape index (κ2) is 9.08. The predicted octanol–water partition coefficient (Wildman–Crippen LogP) is 3.83. The van der Waals surface area contributed by atoms with Gasteiger partial charge in [0.15, 0.2) is 11.5 Å². The summed E-state index contributed by atoms with van der Waals surface area (Å²) in [5.41, 5.74) is 1.07. The Balaban J connectivity index is 0.00000324. The Morgan fingerprint density at radius 1 is 1.42 bits per heavy atom. The molecule has 1 N–H and O–H groups in total. The molecule has 0 fully saturated rings. The van der Waals surface area contributed by atoms with Gasteiger partial charge in [0.25, 0.3) is 0 Å². The molecular formula is C14H21Cl2NO2. The minimum atomic E-state index is 0. The van der Waals surface area contributed by atoms with Crippen LogP contribution in [0.2, 0.25) is 5.02 Å². The van der Waals surface area contributed by atoms with Crippen molar-refractivity contribution < 1.29 is 9.47 Å². The summed E-state index contributed by atoms with van der Waals surface area (Å²) in [5, 5.41) is 3.88. The van der Waals surface area contributed by atoms with E-state index in [2.05, 4.69) is 25.7 Å². The fourth-order valence-electron chi connectivity index (χ4n) is 1.48. The van der Waals surface area contributed by atoms with Gasteiger partial charge < -0.3 is 14.8 Å². The first-order valence-electron chi connectivity index (χ1n) is 5.92. The quantitative estimate of drug-likeness (QED) is 0.777. The highest BCUT2D eigenvalue weighted by Gasteiger charge is 2.11. The Hall–Kier alpha value is -0.900. The molecule has 0 aliphatic carbocycles. The van der Waals surface area contributed by atoms with E-state index in [1.807, 2.05) is 12.1 Å². The lowest BCUT2D eigenvalue weighted by molar-refractivity contribution is 0.326. The van der Waals surface area contributed by atoms with Gasteiger partial charge in [0.1, 0.15) is 6.61 Å². The maximum atomic E-state index is 6.20. The van der Waals surface area contributed by atoms with Crippen LogP contribution in [0, 0.1) is 0 Å². The SMILES string of the molecule is C=CCOc1c(Cl)cc(CNC(C)C)cc1OC.Cl. The van der Waals surface area contributed by atoms with Gasteiger partial charge in [-0.05, 0) is 17.7 Å². The van der Waals surface area contributed by atoms with E-state index in [0.29, 0.717) is 29.2 Å². The monoisotopic (exact) mass is 305 g/mol. The van der Waals surface area contributed by atoms with Crippen molar-refractivity contribution in [2.24, 2.45) is 0 Å². The van der Waals surface area contributed by atoms with Crippen LogP contribution < -0.4 is 14.8 Å². The Bertz CT molecular complexity index is 409. The molecule has 0 saturated carbocycles. The van der Waals surface area contributed by atoms with Gasteiger partial charge in [0, 0.05) is 12.6 Å². The maximum Gasteiger partial charge on any atom is 0.180 e. The van der Waals surface area contributed by atoms with E-state index >= 15 is 0 Å². The average Bonchev–Trinajstić information content (AvgIpc) is 2.34. The molecule has 0 aliphatic rings. The lowest BCUT2D eigenvalue weighted by Gasteiger charge is -2.14. The molecule has 0 aliphatic heterocycles. The minimum Gasteiger partial charge on any atom is -0.493 e. The van der Waals surface area contributed by atoms with E-state index in [0.717, 1.165) is 12.1 Å². The Labute approximate surface area is 126 Å². The molecule has 108 valence electrons. The van der Waals surface area contributed by atoms with E-state index in [9.17, 15) is 0 Å². The molecule has 0 aromatic heterocycles. The zero-order chi connectivity index (χ0) is 13.5. The zero-order valence-corrected chi connectivity index (χ0v) is 13.1. The van der Waals surface area contributed by atoms with Crippen molar-refractivity contribution in [2.45, 2.75) is 26.4 Å². The van der Waals surface area contributed by atoms with Crippen LogP contribution in [0.4, 0.5) is 0 Å². The number of methoxy groups -OCH3 is 1. The molecule has 0 unspecified atom stereocenters. The van der Waals surface area contributed by atoms with Crippen molar-refractivity contribution in [1.29, 1.82) is 0 Å². The smallest absolute Gasteiger partial charge is 0.180 e. The molecule has 1 aromatic rings. The summed E-state index contributed by atoms with van der Waals surface area (Å²) in [7, 11) is 1.60. The van der Waals surface area contributed by atoms with Gasteiger partial charge in [0.05, 0.1) is 12.1 Å². The fraction of sp³-hybridized carbons (Fsp3) is 0.429. The van der Waals surface area contributed by atoms with Crippen molar-refractivity contribution in [3.63, 3.8) is 0 Å². The molecule has 0 spiro atoms. The molecule has 0 atom stereocenters. The molecule has 0 amide bonds.